The Morgan fingerprint density at radius 2 is 2.05 bits per heavy atom. The quantitative estimate of drug-likeness (QED) is 0.879. The van der Waals surface area contributed by atoms with Crippen LogP contribution in [0.1, 0.15) is 35.5 Å². The number of nitrogens with zero attached hydrogens (tertiary/aromatic N) is 1. The lowest BCUT2D eigenvalue weighted by Crippen LogP contribution is -2.52. The number of H-pyrrole nitrogens is 1. The maximum absolute atomic E-state index is 12.8. The molecule has 3 rings (SSSR count). The molecule has 1 aliphatic rings. The van der Waals surface area contributed by atoms with Gasteiger partial charge in [0.1, 0.15) is 0 Å². The maximum atomic E-state index is 12.8. The van der Waals surface area contributed by atoms with Gasteiger partial charge in [-0.05, 0) is 51.5 Å². The highest BCUT2D eigenvalue weighted by Gasteiger charge is 2.35. The zero-order chi connectivity index (χ0) is 16.1. The minimum absolute atomic E-state index is 0.0323. The van der Waals surface area contributed by atoms with Gasteiger partial charge >= 0.3 is 0 Å². The van der Waals surface area contributed by atoms with Crippen molar-refractivity contribution in [3.63, 3.8) is 0 Å². The molecule has 1 aliphatic heterocycles. The number of rotatable bonds is 1. The van der Waals surface area contributed by atoms with Gasteiger partial charge in [0, 0.05) is 51.8 Å². The van der Waals surface area contributed by atoms with E-state index in [4.69, 9.17) is 0 Å². The predicted molar refractivity (Wildman–Crippen MR) is 90.8 cm³/mol. The van der Waals surface area contributed by atoms with E-state index in [9.17, 15) is 9.00 Å². The van der Waals surface area contributed by atoms with Crippen LogP contribution in [0.5, 0.6) is 0 Å². The Kier molecular flexibility index (Phi) is 3.63. The van der Waals surface area contributed by atoms with E-state index in [1.165, 1.54) is 5.56 Å². The Bertz CT molecular complexity index is 776. The highest BCUT2D eigenvalue weighted by molar-refractivity contribution is 7.86. The molecular weight excluding hydrogens is 296 g/mol. The first-order chi connectivity index (χ1) is 10.3. The number of aromatic amines is 1. The summed E-state index contributed by atoms with van der Waals surface area (Å²) >= 11 is 0. The number of hydrogen-bond acceptors (Lipinski definition) is 2. The molecule has 0 spiro atoms. The average Bonchev–Trinajstić information content (AvgIpc) is 2.76. The van der Waals surface area contributed by atoms with Crippen LogP contribution in [-0.2, 0) is 10.8 Å². The summed E-state index contributed by atoms with van der Waals surface area (Å²) in [6, 6.07) is 5.81. The highest BCUT2D eigenvalue weighted by atomic mass is 32.2. The summed E-state index contributed by atoms with van der Waals surface area (Å²) in [6.07, 6.45) is 0. The molecule has 0 saturated carbocycles. The SMILES string of the molecule is Cc1[nH]c2ccc(C(=O)N3CC[S@@](=O)C(C)(C)C3)cc2c1C. The molecule has 1 saturated heterocycles. The van der Waals surface area contributed by atoms with E-state index in [0.29, 0.717) is 24.4 Å². The monoisotopic (exact) mass is 318 g/mol. The summed E-state index contributed by atoms with van der Waals surface area (Å²) in [5, 5.41) is 1.10. The highest BCUT2D eigenvalue weighted by Crippen LogP contribution is 2.25. The first-order valence-electron chi connectivity index (χ1n) is 7.56. The molecule has 1 fully saturated rings. The zero-order valence-electron chi connectivity index (χ0n) is 13.5. The third kappa shape index (κ3) is 2.47. The number of hydrogen-bond donors (Lipinski definition) is 1. The minimum Gasteiger partial charge on any atom is -0.358 e. The number of benzene rings is 1. The number of carbonyl (C=O) groups excluding carboxylic acids is 1. The molecule has 4 nitrogen and oxygen atoms in total. The molecule has 0 radical (unpaired) electrons. The summed E-state index contributed by atoms with van der Waals surface area (Å²) in [5.41, 5.74) is 4.09. The van der Waals surface area contributed by atoms with E-state index in [-0.39, 0.29) is 10.7 Å². The topological polar surface area (TPSA) is 53.2 Å². The molecule has 0 unspecified atom stereocenters. The van der Waals surface area contributed by atoms with E-state index < -0.39 is 10.8 Å². The normalized spacial score (nSPS) is 21.3. The van der Waals surface area contributed by atoms with E-state index in [2.05, 4.69) is 11.9 Å². The number of aryl methyl sites for hydroxylation is 2. The number of fused-ring (bicyclic) bond motifs is 1. The van der Waals surface area contributed by atoms with Crippen LogP contribution in [0.2, 0.25) is 0 Å². The summed E-state index contributed by atoms with van der Waals surface area (Å²) < 4.78 is 11.7. The van der Waals surface area contributed by atoms with Gasteiger partial charge in [-0.2, -0.15) is 0 Å². The second-order valence-corrected chi connectivity index (χ2v) is 8.88. The van der Waals surface area contributed by atoms with Crippen LogP contribution in [0.25, 0.3) is 10.9 Å². The third-order valence-corrected chi connectivity index (χ3v) is 6.49. The fourth-order valence-electron chi connectivity index (χ4n) is 3.03. The third-order valence-electron chi connectivity index (χ3n) is 4.58. The molecule has 1 N–H and O–H groups in total. The van der Waals surface area contributed by atoms with Crippen LogP contribution in [0.3, 0.4) is 0 Å². The average molecular weight is 318 g/mol. The summed E-state index contributed by atoms with van der Waals surface area (Å²) in [4.78, 5) is 17.9. The van der Waals surface area contributed by atoms with Crippen LogP contribution < -0.4 is 0 Å². The molecule has 118 valence electrons. The van der Waals surface area contributed by atoms with Crippen molar-refractivity contribution in [2.24, 2.45) is 0 Å². The fourth-order valence-corrected chi connectivity index (χ4v) is 4.27. The van der Waals surface area contributed by atoms with Crippen LogP contribution in [-0.4, -0.2) is 43.6 Å². The molecule has 2 aromatic rings. The molecule has 0 bridgehead atoms. The van der Waals surface area contributed by atoms with Gasteiger partial charge in [-0.3, -0.25) is 9.00 Å². The van der Waals surface area contributed by atoms with Crippen molar-refractivity contribution < 1.29 is 9.00 Å². The Hall–Kier alpha value is -1.62. The van der Waals surface area contributed by atoms with Crippen molar-refractivity contribution in [2.75, 3.05) is 18.8 Å². The fraction of sp³-hybridized carbons (Fsp3) is 0.471. The van der Waals surface area contributed by atoms with Crippen LogP contribution in [0.15, 0.2) is 18.2 Å². The predicted octanol–water partition coefficient (Wildman–Crippen LogP) is 2.77. The summed E-state index contributed by atoms with van der Waals surface area (Å²) in [5.74, 6) is 0.591. The van der Waals surface area contributed by atoms with Crippen molar-refractivity contribution in [1.29, 1.82) is 0 Å². The molecule has 1 aromatic carbocycles. The van der Waals surface area contributed by atoms with Gasteiger partial charge in [-0.15, -0.1) is 0 Å². The summed E-state index contributed by atoms with van der Waals surface area (Å²) in [6.45, 7) is 9.14. The smallest absolute Gasteiger partial charge is 0.253 e. The van der Waals surface area contributed by atoms with Gasteiger partial charge in [0.15, 0.2) is 0 Å². The van der Waals surface area contributed by atoms with Crippen LogP contribution in [0.4, 0.5) is 0 Å². The molecule has 1 atom stereocenters. The molecule has 1 amide bonds. The Morgan fingerprint density at radius 3 is 2.73 bits per heavy atom. The first-order valence-corrected chi connectivity index (χ1v) is 8.88. The number of amides is 1. The van der Waals surface area contributed by atoms with E-state index in [0.717, 1.165) is 16.6 Å². The summed E-state index contributed by atoms with van der Waals surface area (Å²) in [7, 11) is -0.866. The molecule has 2 heterocycles. The Balaban J connectivity index is 1.92. The Labute approximate surface area is 133 Å². The van der Waals surface area contributed by atoms with Gasteiger partial charge < -0.3 is 9.88 Å². The van der Waals surface area contributed by atoms with Gasteiger partial charge in [0.25, 0.3) is 5.91 Å². The molecule has 22 heavy (non-hydrogen) atoms. The largest absolute Gasteiger partial charge is 0.358 e. The first kappa shape index (κ1) is 15.3. The molecule has 1 aromatic heterocycles. The number of aromatic nitrogens is 1. The lowest BCUT2D eigenvalue weighted by atomic mass is 10.1. The lowest BCUT2D eigenvalue weighted by Gasteiger charge is -2.37. The van der Waals surface area contributed by atoms with Crippen LogP contribution >= 0.6 is 0 Å². The van der Waals surface area contributed by atoms with Crippen molar-refractivity contribution in [3.05, 3.63) is 35.0 Å². The molecule has 5 heteroatoms. The number of nitrogens with one attached hydrogen (secondary N) is 1. The van der Waals surface area contributed by atoms with Crippen LogP contribution in [0, 0.1) is 13.8 Å². The van der Waals surface area contributed by atoms with E-state index >= 15 is 0 Å². The second-order valence-electron chi connectivity index (χ2n) is 6.67. The van der Waals surface area contributed by atoms with Crippen molar-refractivity contribution >= 4 is 27.6 Å². The van der Waals surface area contributed by atoms with Gasteiger partial charge in [-0.25, -0.2) is 0 Å². The Morgan fingerprint density at radius 1 is 1.32 bits per heavy atom. The van der Waals surface area contributed by atoms with E-state index in [1.807, 2.05) is 43.9 Å². The minimum atomic E-state index is -0.866. The standard InChI is InChI=1S/C17H22N2O2S/c1-11-12(2)18-15-6-5-13(9-14(11)15)16(20)19-7-8-22(21)17(3,4)10-19/h5-6,9,18H,7-8,10H2,1-4H3/t22-/m1/s1. The van der Waals surface area contributed by atoms with Gasteiger partial charge in [0.05, 0.1) is 4.75 Å². The van der Waals surface area contributed by atoms with Gasteiger partial charge in [-0.1, -0.05) is 0 Å². The zero-order valence-corrected chi connectivity index (χ0v) is 14.3. The van der Waals surface area contributed by atoms with E-state index in [1.54, 1.807) is 0 Å². The second kappa shape index (κ2) is 5.23. The van der Waals surface area contributed by atoms with Crippen molar-refractivity contribution in [3.8, 4) is 0 Å². The van der Waals surface area contributed by atoms with Crippen molar-refractivity contribution in [2.45, 2.75) is 32.4 Å². The molecular formula is C17H22N2O2S. The van der Waals surface area contributed by atoms with Gasteiger partial charge in [0.2, 0.25) is 0 Å². The van der Waals surface area contributed by atoms with Crippen molar-refractivity contribution in [1.82, 2.24) is 9.88 Å². The lowest BCUT2D eigenvalue weighted by molar-refractivity contribution is 0.0746. The maximum Gasteiger partial charge on any atom is 0.253 e. The molecule has 0 aliphatic carbocycles. The number of carbonyl (C=O) groups is 1.